The maximum absolute atomic E-state index is 14.1. The van der Waals surface area contributed by atoms with Gasteiger partial charge in [0.15, 0.2) is 5.60 Å². The lowest BCUT2D eigenvalue weighted by Gasteiger charge is -2.26. The van der Waals surface area contributed by atoms with Crippen LogP contribution in [0.2, 0.25) is 5.02 Å². The maximum Gasteiger partial charge on any atom is 0.416 e. The summed E-state index contributed by atoms with van der Waals surface area (Å²) in [7, 11) is 0. The highest BCUT2D eigenvalue weighted by Gasteiger charge is 2.55. The molecule has 6 nitrogen and oxygen atoms in total. The van der Waals surface area contributed by atoms with Crippen molar-refractivity contribution in [2.24, 2.45) is 5.73 Å². The number of aliphatic hydroxyl groups is 1. The first-order chi connectivity index (χ1) is 14.9. The molecule has 2 aromatic rings. The van der Waals surface area contributed by atoms with E-state index in [0.29, 0.717) is 30.7 Å². The Morgan fingerprint density at radius 2 is 1.78 bits per heavy atom. The number of carbonyl (C=O) groups excluding carboxylic acids is 2. The molecule has 0 saturated carbocycles. The van der Waals surface area contributed by atoms with Crippen LogP contribution in [0, 0.1) is 0 Å². The second kappa shape index (κ2) is 8.73. The summed E-state index contributed by atoms with van der Waals surface area (Å²) in [6.07, 6.45) is -4.95. The molecule has 0 fully saturated rings. The van der Waals surface area contributed by atoms with Crippen molar-refractivity contribution in [1.82, 2.24) is 4.90 Å². The van der Waals surface area contributed by atoms with Crippen LogP contribution in [0.3, 0.4) is 0 Å². The summed E-state index contributed by atoms with van der Waals surface area (Å²) in [5.74, 6) is -2.01. The second-order valence-electron chi connectivity index (χ2n) is 7.48. The number of carbonyl (C=O) groups is 2. The number of hydrogen-bond acceptors (Lipinski definition) is 4. The van der Waals surface area contributed by atoms with E-state index in [4.69, 9.17) is 17.3 Å². The average Bonchev–Trinajstić information content (AvgIpc) is 2.96. The van der Waals surface area contributed by atoms with Gasteiger partial charge in [-0.3, -0.25) is 9.59 Å². The third-order valence-electron chi connectivity index (χ3n) is 5.71. The molecule has 0 aliphatic carbocycles. The Morgan fingerprint density at radius 1 is 1.19 bits per heavy atom. The third kappa shape index (κ3) is 4.07. The van der Waals surface area contributed by atoms with Crippen LogP contribution in [-0.4, -0.2) is 48.0 Å². The van der Waals surface area contributed by atoms with Crippen LogP contribution in [-0.2, 0) is 16.6 Å². The lowest BCUT2D eigenvalue weighted by atomic mass is 9.84. The first-order valence-corrected chi connectivity index (χ1v) is 10.4. The Hall–Kier alpha value is -2.62. The molecule has 1 heterocycles. The molecule has 1 aliphatic rings. The lowest BCUT2D eigenvalue weighted by Crippen LogP contribution is -2.44. The van der Waals surface area contributed by atoms with Crippen molar-refractivity contribution in [3.8, 4) is 0 Å². The first-order valence-electron chi connectivity index (χ1n) is 10.0. The Balaban J connectivity index is 2.28. The predicted octanol–water partition coefficient (Wildman–Crippen LogP) is 3.38. The zero-order valence-corrected chi connectivity index (χ0v) is 18.3. The monoisotopic (exact) mass is 469 g/mol. The molecule has 3 rings (SSSR count). The largest absolute Gasteiger partial charge is 0.416 e. The van der Waals surface area contributed by atoms with Crippen molar-refractivity contribution in [1.29, 1.82) is 0 Å². The van der Waals surface area contributed by atoms with Crippen LogP contribution in [0.1, 0.15) is 40.9 Å². The molecule has 0 unspecified atom stereocenters. The van der Waals surface area contributed by atoms with Gasteiger partial charge in [0.25, 0.3) is 5.91 Å². The van der Waals surface area contributed by atoms with Gasteiger partial charge in [0, 0.05) is 29.2 Å². The van der Waals surface area contributed by atoms with Gasteiger partial charge in [-0.15, -0.1) is 0 Å². The molecule has 0 spiro atoms. The van der Waals surface area contributed by atoms with Crippen LogP contribution < -0.4 is 10.6 Å². The molecule has 172 valence electrons. The van der Waals surface area contributed by atoms with Gasteiger partial charge in [0.05, 0.1) is 11.3 Å². The number of primary amides is 1. The van der Waals surface area contributed by atoms with E-state index in [2.05, 4.69) is 0 Å². The highest BCUT2D eigenvalue weighted by atomic mass is 35.5. The number of rotatable bonds is 7. The minimum absolute atomic E-state index is 0.0168. The number of fused-ring (bicyclic) bond motifs is 1. The highest BCUT2D eigenvalue weighted by molar-refractivity contribution is 6.30. The van der Waals surface area contributed by atoms with Crippen LogP contribution in [0.25, 0.3) is 0 Å². The number of halogens is 4. The summed E-state index contributed by atoms with van der Waals surface area (Å²) in [5, 5.41) is 11.8. The molecule has 1 aliphatic heterocycles. The number of benzene rings is 2. The Kier molecular flexibility index (Phi) is 6.55. The van der Waals surface area contributed by atoms with Crippen LogP contribution in [0.15, 0.2) is 36.4 Å². The summed E-state index contributed by atoms with van der Waals surface area (Å²) in [6.45, 7) is 5.55. The third-order valence-corrected chi connectivity index (χ3v) is 5.96. The molecule has 0 radical (unpaired) electrons. The summed E-state index contributed by atoms with van der Waals surface area (Å²) < 4.78 is 42.2. The van der Waals surface area contributed by atoms with Gasteiger partial charge in [-0.2, -0.15) is 13.2 Å². The first kappa shape index (κ1) is 24.0. The molecule has 2 aromatic carbocycles. The van der Waals surface area contributed by atoms with Gasteiger partial charge in [0.2, 0.25) is 5.91 Å². The molecule has 3 N–H and O–H groups in total. The van der Waals surface area contributed by atoms with E-state index in [1.165, 1.54) is 24.3 Å². The van der Waals surface area contributed by atoms with E-state index in [1.807, 2.05) is 18.7 Å². The van der Waals surface area contributed by atoms with Crippen LogP contribution in [0.5, 0.6) is 0 Å². The van der Waals surface area contributed by atoms with Crippen molar-refractivity contribution in [3.63, 3.8) is 0 Å². The van der Waals surface area contributed by atoms with Crippen molar-refractivity contribution < 1.29 is 27.9 Å². The molecule has 1 atom stereocenters. The zero-order valence-electron chi connectivity index (χ0n) is 17.5. The molecule has 32 heavy (non-hydrogen) atoms. The van der Waals surface area contributed by atoms with Crippen LogP contribution >= 0.6 is 11.6 Å². The highest BCUT2D eigenvalue weighted by Crippen LogP contribution is 2.50. The Morgan fingerprint density at radius 3 is 2.28 bits per heavy atom. The van der Waals surface area contributed by atoms with Gasteiger partial charge >= 0.3 is 6.18 Å². The number of amides is 2. The topological polar surface area (TPSA) is 86.9 Å². The fraction of sp³-hybridized carbons (Fsp3) is 0.364. The normalized spacial score (nSPS) is 18.4. The number of nitrogens with two attached hydrogens (primary N) is 1. The Labute approximate surface area is 188 Å². The molecule has 10 heteroatoms. The molecule has 0 bridgehead atoms. The van der Waals surface area contributed by atoms with Crippen molar-refractivity contribution >= 4 is 29.1 Å². The van der Waals surface area contributed by atoms with E-state index in [9.17, 15) is 27.9 Å². The number of anilines is 1. The summed E-state index contributed by atoms with van der Waals surface area (Å²) in [5.41, 5.74) is 0.0873. The van der Waals surface area contributed by atoms with E-state index in [0.717, 1.165) is 11.0 Å². The summed E-state index contributed by atoms with van der Waals surface area (Å²) in [6, 6.07) is 7.07. The zero-order chi connectivity index (χ0) is 23.8. The van der Waals surface area contributed by atoms with E-state index >= 15 is 0 Å². The van der Waals surface area contributed by atoms with Gasteiger partial charge < -0.3 is 20.6 Å². The smallest absolute Gasteiger partial charge is 0.372 e. The average molecular weight is 470 g/mol. The fourth-order valence-electron chi connectivity index (χ4n) is 3.96. The van der Waals surface area contributed by atoms with E-state index in [1.54, 1.807) is 0 Å². The minimum Gasteiger partial charge on any atom is -0.372 e. The predicted molar refractivity (Wildman–Crippen MR) is 115 cm³/mol. The summed E-state index contributed by atoms with van der Waals surface area (Å²) >= 11 is 5.89. The van der Waals surface area contributed by atoms with Gasteiger partial charge in [-0.05, 0) is 42.9 Å². The van der Waals surface area contributed by atoms with E-state index in [-0.39, 0.29) is 17.8 Å². The maximum atomic E-state index is 14.1. The quantitative estimate of drug-likeness (QED) is 0.651. The number of alkyl halides is 3. The molecule has 0 saturated heterocycles. The van der Waals surface area contributed by atoms with Crippen molar-refractivity contribution in [3.05, 3.63) is 63.7 Å². The number of likely N-dealkylation sites (N-methyl/N-ethyl adjacent to an activating group) is 1. The van der Waals surface area contributed by atoms with Crippen molar-refractivity contribution in [2.45, 2.75) is 25.6 Å². The fourth-order valence-corrected chi connectivity index (χ4v) is 4.09. The van der Waals surface area contributed by atoms with Gasteiger partial charge in [0.1, 0.15) is 0 Å². The molecular weight excluding hydrogens is 447 g/mol. The Bertz CT molecular complexity index is 1040. The standard InChI is InChI=1S/C22H23ClF3N3O3/c1-3-28(4-2)9-10-29-17-12-13(19(27)30)11-16(22(24,25)26)18(17)21(32,20(29)31)14-5-7-15(23)8-6-14/h5-8,11-12,32H,3-4,9-10H2,1-2H3,(H2,27,30)/t21-/m1/s1. The van der Waals surface area contributed by atoms with Crippen LogP contribution in [0.4, 0.5) is 18.9 Å². The number of hydrogen-bond donors (Lipinski definition) is 2. The van der Waals surface area contributed by atoms with Gasteiger partial charge in [-0.25, -0.2) is 0 Å². The minimum atomic E-state index is -4.95. The van der Waals surface area contributed by atoms with E-state index < -0.39 is 40.3 Å². The molecule has 0 aromatic heterocycles. The summed E-state index contributed by atoms with van der Waals surface area (Å²) in [4.78, 5) is 28.3. The molecule has 2 amide bonds. The van der Waals surface area contributed by atoms with Crippen molar-refractivity contribution in [2.75, 3.05) is 31.1 Å². The molecular formula is C22H23ClF3N3O3. The second-order valence-corrected chi connectivity index (χ2v) is 7.92. The number of nitrogens with zero attached hydrogens (tertiary/aromatic N) is 2. The lowest BCUT2D eigenvalue weighted by molar-refractivity contribution is -0.142. The van der Waals surface area contributed by atoms with Gasteiger partial charge in [-0.1, -0.05) is 37.6 Å². The SMILES string of the molecule is CCN(CC)CCN1C(=O)[C@@](O)(c2ccc(Cl)cc2)c2c1cc(C(N)=O)cc2C(F)(F)F.